The maximum Gasteiger partial charge on any atom is 0.320 e. The summed E-state index contributed by atoms with van der Waals surface area (Å²) in [6, 6.07) is 11.0. The summed E-state index contributed by atoms with van der Waals surface area (Å²) in [6.07, 6.45) is 4.03. The van der Waals surface area contributed by atoms with Crippen molar-refractivity contribution in [1.82, 2.24) is 4.98 Å². The number of esters is 1. The molecule has 4 nitrogen and oxygen atoms in total. The first-order valence-electron chi connectivity index (χ1n) is 6.77. The van der Waals surface area contributed by atoms with Crippen molar-refractivity contribution in [2.75, 3.05) is 7.11 Å². The summed E-state index contributed by atoms with van der Waals surface area (Å²) in [6.45, 7) is 0. The SMILES string of the molecule is COC(=O)C1(Cc2ccncc2)Cc2ccccc2C1=O. The average Bonchev–Trinajstić information content (AvgIpc) is 2.81. The van der Waals surface area contributed by atoms with Crippen molar-refractivity contribution >= 4 is 11.8 Å². The van der Waals surface area contributed by atoms with Crippen molar-refractivity contribution in [2.45, 2.75) is 12.8 Å². The van der Waals surface area contributed by atoms with E-state index in [1.165, 1.54) is 7.11 Å². The van der Waals surface area contributed by atoms with E-state index >= 15 is 0 Å². The van der Waals surface area contributed by atoms with Gasteiger partial charge >= 0.3 is 5.97 Å². The molecule has 1 aliphatic carbocycles. The van der Waals surface area contributed by atoms with E-state index in [0.29, 0.717) is 18.4 Å². The molecule has 1 unspecified atom stereocenters. The molecule has 2 aromatic rings. The molecular formula is C17H15NO3. The Balaban J connectivity index is 2.05. The van der Waals surface area contributed by atoms with E-state index in [4.69, 9.17) is 4.74 Å². The Kier molecular flexibility index (Phi) is 3.29. The highest BCUT2D eigenvalue weighted by Gasteiger charge is 2.52. The van der Waals surface area contributed by atoms with Gasteiger partial charge in [-0.1, -0.05) is 24.3 Å². The zero-order valence-corrected chi connectivity index (χ0v) is 11.7. The first-order valence-corrected chi connectivity index (χ1v) is 6.77. The van der Waals surface area contributed by atoms with Gasteiger partial charge in [-0.3, -0.25) is 14.6 Å². The second-order valence-corrected chi connectivity index (χ2v) is 5.27. The van der Waals surface area contributed by atoms with Crippen LogP contribution in [0.5, 0.6) is 0 Å². The number of rotatable bonds is 3. The standard InChI is InChI=1S/C17H15NO3/c1-21-16(20)17(10-12-6-8-18-9-7-12)11-13-4-2-3-5-14(13)15(17)19/h2-9H,10-11H2,1H3. The minimum atomic E-state index is -1.15. The van der Waals surface area contributed by atoms with Crippen LogP contribution in [0.2, 0.25) is 0 Å². The van der Waals surface area contributed by atoms with Gasteiger partial charge < -0.3 is 4.74 Å². The van der Waals surface area contributed by atoms with Crippen LogP contribution in [-0.4, -0.2) is 23.8 Å². The maximum absolute atomic E-state index is 12.8. The van der Waals surface area contributed by atoms with Crippen LogP contribution in [0.3, 0.4) is 0 Å². The smallest absolute Gasteiger partial charge is 0.320 e. The zero-order valence-electron chi connectivity index (χ0n) is 11.7. The molecule has 106 valence electrons. The number of carbonyl (C=O) groups excluding carboxylic acids is 2. The van der Waals surface area contributed by atoms with E-state index < -0.39 is 11.4 Å². The molecule has 0 bridgehead atoms. The molecule has 0 saturated carbocycles. The zero-order chi connectivity index (χ0) is 14.9. The summed E-state index contributed by atoms with van der Waals surface area (Å²) >= 11 is 0. The largest absolute Gasteiger partial charge is 0.468 e. The molecule has 1 heterocycles. The van der Waals surface area contributed by atoms with Crippen LogP contribution in [0.1, 0.15) is 21.5 Å². The van der Waals surface area contributed by atoms with Crippen molar-refractivity contribution in [3.05, 3.63) is 65.5 Å². The minimum Gasteiger partial charge on any atom is -0.468 e. The van der Waals surface area contributed by atoms with Crippen molar-refractivity contribution in [2.24, 2.45) is 5.41 Å². The van der Waals surface area contributed by atoms with Crippen molar-refractivity contribution in [3.8, 4) is 0 Å². The van der Waals surface area contributed by atoms with Gasteiger partial charge in [0.1, 0.15) is 5.41 Å². The van der Waals surface area contributed by atoms with Crippen LogP contribution >= 0.6 is 0 Å². The molecule has 0 aliphatic heterocycles. The van der Waals surface area contributed by atoms with Crippen LogP contribution in [0.25, 0.3) is 0 Å². The number of carbonyl (C=O) groups is 2. The number of ketones is 1. The van der Waals surface area contributed by atoms with Gasteiger partial charge in [-0.15, -0.1) is 0 Å². The second-order valence-electron chi connectivity index (χ2n) is 5.27. The minimum absolute atomic E-state index is 0.151. The van der Waals surface area contributed by atoms with Gasteiger partial charge in [0.05, 0.1) is 7.11 Å². The predicted molar refractivity (Wildman–Crippen MR) is 76.9 cm³/mol. The molecule has 0 saturated heterocycles. The molecule has 1 atom stereocenters. The van der Waals surface area contributed by atoms with Gasteiger partial charge in [0.2, 0.25) is 0 Å². The number of fused-ring (bicyclic) bond motifs is 1. The molecule has 0 spiro atoms. The Hall–Kier alpha value is -2.49. The van der Waals surface area contributed by atoms with E-state index in [0.717, 1.165) is 11.1 Å². The third-order valence-corrected chi connectivity index (χ3v) is 4.02. The number of hydrogen-bond acceptors (Lipinski definition) is 4. The lowest BCUT2D eigenvalue weighted by molar-refractivity contribution is -0.149. The molecule has 0 fully saturated rings. The molecular weight excluding hydrogens is 266 g/mol. The van der Waals surface area contributed by atoms with Gasteiger partial charge in [-0.2, -0.15) is 0 Å². The van der Waals surface area contributed by atoms with E-state index in [1.54, 1.807) is 18.5 Å². The lowest BCUT2D eigenvalue weighted by Crippen LogP contribution is -2.40. The molecule has 4 heteroatoms. The fourth-order valence-corrected chi connectivity index (χ4v) is 2.98. The third-order valence-electron chi connectivity index (χ3n) is 4.02. The van der Waals surface area contributed by atoms with Gasteiger partial charge in [0, 0.05) is 18.0 Å². The van der Waals surface area contributed by atoms with Gasteiger partial charge in [-0.05, 0) is 36.1 Å². The summed E-state index contributed by atoms with van der Waals surface area (Å²) in [5, 5.41) is 0. The molecule has 1 aromatic heterocycles. The first-order chi connectivity index (χ1) is 10.2. The number of Topliss-reactive ketones (excluding diaryl/α,β-unsaturated/α-hetero) is 1. The maximum atomic E-state index is 12.8. The summed E-state index contributed by atoms with van der Waals surface area (Å²) in [5.41, 5.74) is 1.27. The second kappa shape index (κ2) is 5.13. The Labute approximate surface area is 122 Å². The summed E-state index contributed by atoms with van der Waals surface area (Å²) < 4.78 is 4.94. The van der Waals surface area contributed by atoms with Crippen LogP contribution in [-0.2, 0) is 22.4 Å². The molecule has 3 rings (SSSR count). The molecule has 0 amide bonds. The van der Waals surface area contributed by atoms with E-state index in [2.05, 4.69) is 4.98 Å². The topological polar surface area (TPSA) is 56.3 Å². The fraction of sp³-hybridized carbons (Fsp3) is 0.235. The average molecular weight is 281 g/mol. The van der Waals surface area contributed by atoms with Gasteiger partial charge in [0.25, 0.3) is 0 Å². The monoisotopic (exact) mass is 281 g/mol. The van der Waals surface area contributed by atoms with Crippen LogP contribution in [0.15, 0.2) is 48.8 Å². The molecule has 1 aromatic carbocycles. The van der Waals surface area contributed by atoms with Crippen LogP contribution < -0.4 is 0 Å². The van der Waals surface area contributed by atoms with Crippen molar-refractivity contribution in [3.63, 3.8) is 0 Å². The van der Waals surface area contributed by atoms with Crippen molar-refractivity contribution < 1.29 is 14.3 Å². The quantitative estimate of drug-likeness (QED) is 0.639. The Bertz CT molecular complexity index is 696. The number of benzene rings is 1. The number of aromatic nitrogens is 1. The molecule has 0 radical (unpaired) electrons. The predicted octanol–water partition coefficient (Wildman–Crippen LogP) is 2.22. The molecule has 1 aliphatic rings. The van der Waals surface area contributed by atoms with E-state index in [1.807, 2.05) is 30.3 Å². The van der Waals surface area contributed by atoms with Gasteiger partial charge in [-0.25, -0.2) is 0 Å². The molecule has 0 N–H and O–H groups in total. The molecule has 21 heavy (non-hydrogen) atoms. The summed E-state index contributed by atoms with van der Waals surface area (Å²) in [5.74, 6) is -0.623. The number of methoxy groups -OCH3 is 1. The lowest BCUT2D eigenvalue weighted by atomic mass is 9.78. The van der Waals surface area contributed by atoms with E-state index in [-0.39, 0.29) is 5.78 Å². The Morgan fingerprint density at radius 3 is 2.62 bits per heavy atom. The fourth-order valence-electron chi connectivity index (χ4n) is 2.98. The summed E-state index contributed by atoms with van der Waals surface area (Å²) in [7, 11) is 1.33. The summed E-state index contributed by atoms with van der Waals surface area (Å²) in [4.78, 5) is 29.1. The highest BCUT2D eigenvalue weighted by atomic mass is 16.5. The highest BCUT2D eigenvalue weighted by Crippen LogP contribution is 2.40. The number of hydrogen-bond donors (Lipinski definition) is 0. The van der Waals surface area contributed by atoms with Crippen LogP contribution in [0, 0.1) is 5.41 Å². The van der Waals surface area contributed by atoms with E-state index in [9.17, 15) is 9.59 Å². The third kappa shape index (κ3) is 2.13. The Morgan fingerprint density at radius 2 is 1.95 bits per heavy atom. The number of nitrogens with zero attached hydrogens (tertiary/aromatic N) is 1. The number of pyridine rings is 1. The van der Waals surface area contributed by atoms with Gasteiger partial charge in [0.15, 0.2) is 5.78 Å². The lowest BCUT2D eigenvalue weighted by Gasteiger charge is -2.24. The van der Waals surface area contributed by atoms with Crippen molar-refractivity contribution in [1.29, 1.82) is 0 Å². The number of ether oxygens (including phenoxy) is 1. The Morgan fingerprint density at radius 1 is 1.24 bits per heavy atom. The first kappa shape index (κ1) is 13.5. The highest BCUT2D eigenvalue weighted by molar-refractivity contribution is 6.16. The normalized spacial score (nSPS) is 20.1. The van der Waals surface area contributed by atoms with Crippen LogP contribution in [0.4, 0.5) is 0 Å².